The average Bonchev–Trinajstić information content (AvgIpc) is 3.03. The number of aliphatic hydroxyl groups excluding tert-OH is 1. The Hall–Kier alpha value is -0.500. The summed E-state index contributed by atoms with van der Waals surface area (Å²) in [6, 6.07) is 0. The monoisotopic (exact) mass is 406 g/mol. The number of rotatable bonds is 3. The lowest BCUT2D eigenvalue weighted by Gasteiger charge is -2.53. The van der Waals surface area contributed by atoms with Crippen molar-refractivity contribution in [3.63, 3.8) is 0 Å². The maximum Gasteiger partial charge on any atom is 0.171 e. The van der Waals surface area contributed by atoms with Crippen LogP contribution in [0.5, 0.6) is 0 Å². The molecule has 0 aromatic carbocycles. The molecule has 0 radical (unpaired) electrons. The standard InChI is InChI=1S/C23H34O6/c1-19-6-4-17-15(16(19)5-8-22(19,25)18(24)13-26-2)3-7-20-14-21(27-11-12-28-21)9-10-23(17,20)29-20/h4,15-16,18,24-25H,3,5-14H2,1-2H3/t15-,16-,18?,19-,20?,22-,23-/m0/s1. The smallest absolute Gasteiger partial charge is 0.171 e. The number of ether oxygens (including phenoxy) is 4. The second-order valence-electron chi connectivity index (χ2n) is 10.7. The topological polar surface area (TPSA) is 80.7 Å². The fraction of sp³-hybridized carbons (Fsp3) is 0.913. The first-order chi connectivity index (χ1) is 13.8. The third kappa shape index (κ3) is 2.18. The average molecular weight is 407 g/mol. The minimum Gasteiger partial charge on any atom is -0.388 e. The van der Waals surface area contributed by atoms with Crippen LogP contribution in [0.25, 0.3) is 0 Å². The van der Waals surface area contributed by atoms with E-state index in [0.29, 0.717) is 31.5 Å². The molecule has 2 aliphatic heterocycles. The van der Waals surface area contributed by atoms with Gasteiger partial charge in [0.25, 0.3) is 0 Å². The van der Waals surface area contributed by atoms with Gasteiger partial charge in [-0.1, -0.05) is 13.0 Å². The maximum absolute atomic E-state index is 11.6. The molecule has 0 aromatic heterocycles. The maximum atomic E-state index is 11.6. The van der Waals surface area contributed by atoms with Gasteiger partial charge in [0, 0.05) is 25.4 Å². The van der Waals surface area contributed by atoms with Crippen molar-refractivity contribution >= 4 is 0 Å². The highest BCUT2D eigenvalue weighted by Crippen LogP contribution is 2.74. The summed E-state index contributed by atoms with van der Waals surface area (Å²) in [4.78, 5) is 0. The molecule has 2 saturated heterocycles. The molecule has 7 atom stereocenters. The van der Waals surface area contributed by atoms with E-state index in [4.69, 9.17) is 18.9 Å². The molecule has 6 heteroatoms. The Balaban J connectivity index is 1.31. The van der Waals surface area contributed by atoms with Gasteiger partial charge in [0.2, 0.25) is 0 Å². The van der Waals surface area contributed by atoms with Crippen LogP contribution in [-0.4, -0.2) is 65.8 Å². The Morgan fingerprint density at radius 2 is 1.97 bits per heavy atom. The van der Waals surface area contributed by atoms with E-state index < -0.39 is 17.5 Å². The molecule has 1 spiro atoms. The summed E-state index contributed by atoms with van der Waals surface area (Å²) >= 11 is 0. The van der Waals surface area contributed by atoms with Crippen LogP contribution in [0.2, 0.25) is 0 Å². The van der Waals surface area contributed by atoms with Gasteiger partial charge in [0.05, 0.1) is 25.4 Å². The largest absolute Gasteiger partial charge is 0.388 e. The summed E-state index contributed by atoms with van der Waals surface area (Å²) in [5.74, 6) is 0.395. The molecule has 2 heterocycles. The molecule has 4 aliphatic carbocycles. The molecule has 5 fully saturated rings. The van der Waals surface area contributed by atoms with Crippen LogP contribution in [0.4, 0.5) is 0 Å². The molecular formula is C23H34O6. The minimum atomic E-state index is -1.09. The van der Waals surface area contributed by atoms with E-state index in [9.17, 15) is 10.2 Å². The Morgan fingerprint density at radius 1 is 1.17 bits per heavy atom. The van der Waals surface area contributed by atoms with E-state index in [-0.39, 0.29) is 23.2 Å². The molecule has 2 N–H and O–H groups in total. The van der Waals surface area contributed by atoms with Crippen molar-refractivity contribution in [3.8, 4) is 0 Å². The van der Waals surface area contributed by atoms with Gasteiger partial charge >= 0.3 is 0 Å². The van der Waals surface area contributed by atoms with Crippen molar-refractivity contribution in [1.29, 1.82) is 0 Å². The molecule has 6 rings (SSSR count). The van der Waals surface area contributed by atoms with E-state index in [1.54, 1.807) is 7.11 Å². The lowest BCUT2D eigenvalue weighted by molar-refractivity contribution is -0.186. The van der Waals surface area contributed by atoms with Crippen LogP contribution in [0, 0.1) is 17.3 Å². The first-order valence-electron chi connectivity index (χ1n) is 11.4. The van der Waals surface area contributed by atoms with E-state index in [2.05, 4.69) is 13.0 Å². The highest BCUT2D eigenvalue weighted by Gasteiger charge is 2.79. The Labute approximate surface area is 172 Å². The van der Waals surface area contributed by atoms with Crippen molar-refractivity contribution < 1.29 is 29.2 Å². The minimum absolute atomic E-state index is 0.115. The zero-order chi connectivity index (χ0) is 20.1. The van der Waals surface area contributed by atoms with Gasteiger partial charge in [-0.25, -0.2) is 0 Å². The number of aliphatic hydroxyl groups is 2. The van der Waals surface area contributed by atoms with Gasteiger partial charge in [-0.2, -0.15) is 0 Å². The Morgan fingerprint density at radius 3 is 2.72 bits per heavy atom. The number of allylic oxidation sites excluding steroid dienone is 1. The molecule has 2 unspecified atom stereocenters. The van der Waals surface area contributed by atoms with Crippen LogP contribution in [0.1, 0.15) is 58.3 Å². The van der Waals surface area contributed by atoms with Crippen LogP contribution in [-0.2, 0) is 18.9 Å². The molecule has 6 aliphatic rings. The summed E-state index contributed by atoms with van der Waals surface area (Å²) in [7, 11) is 1.58. The lowest BCUT2D eigenvalue weighted by atomic mass is 9.52. The van der Waals surface area contributed by atoms with Crippen molar-refractivity contribution in [2.45, 2.75) is 87.0 Å². The summed E-state index contributed by atoms with van der Waals surface area (Å²) in [5.41, 5.74) is -0.184. The second kappa shape index (κ2) is 5.84. The number of fused-ring (bicyclic) bond motifs is 3. The summed E-state index contributed by atoms with van der Waals surface area (Å²) in [6.07, 6.45) is 8.74. The second-order valence-corrected chi connectivity index (χ2v) is 10.7. The van der Waals surface area contributed by atoms with E-state index in [1.165, 1.54) is 5.57 Å². The van der Waals surface area contributed by atoms with Crippen LogP contribution in [0.3, 0.4) is 0 Å². The van der Waals surface area contributed by atoms with Gasteiger partial charge in [-0.05, 0) is 55.9 Å². The number of epoxide rings is 1. The van der Waals surface area contributed by atoms with Crippen LogP contribution in [0.15, 0.2) is 11.6 Å². The van der Waals surface area contributed by atoms with Crippen molar-refractivity contribution in [2.75, 3.05) is 26.9 Å². The summed E-state index contributed by atoms with van der Waals surface area (Å²) in [6.45, 7) is 3.74. The first kappa shape index (κ1) is 19.2. The van der Waals surface area contributed by atoms with Crippen LogP contribution < -0.4 is 0 Å². The summed E-state index contributed by atoms with van der Waals surface area (Å²) in [5, 5.41) is 22.3. The normalized spacial score (nSPS) is 52.9. The predicted octanol–water partition coefficient (Wildman–Crippen LogP) is 2.32. The third-order valence-electron chi connectivity index (χ3n) is 9.77. The molecule has 6 nitrogen and oxygen atoms in total. The molecular weight excluding hydrogens is 372 g/mol. The SMILES string of the molecule is COCC(O)[C@@]1(O)CC[C@H]2[C@@H]3CCC45CC6(CC[C@]4(O5)C3=CC[C@@]21C)OCCO6. The van der Waals surface area contributed by atoms with Crippen molar-refractivity contribution in [2.24, 2.45) is 17.3 Å². The van der Waals surface area contributed by atoms with Gasteiger partial charge < -0.3 is 29.2 Å². The fourth-order valence-electron chi connectivity index (χ4n) is 8.22. The van der Waals surface area contributed by atoms with Crippen molar-refractivity contribution in [3.05, 3.63) is 11.6 Å². The predicted molar refractivity (Wildman–Crippen MR) is 104 cm³/mol. The molecule has 0 bridgehead atoms. The van der Waals surface area contributed by atoms with Gasteiger partial charge in [0.1, 0.15) is 17.3 Å². The molecule has 0 amide bonds. The van der Waals surface area contributed by atoms with Gasteiger partial charge in [-0.15, -0.1) is 0 Å². The fourth-order valence-corrected chi connectivity index (χ4v) is 8.22. The highest BCUT2D eigenvalue weighted by atomic mass is 16.7. The van der Waals surface area contributed by atoms with Crippen molar-refractivity contribution in [1.82, 2.24) is 0 Å². The van der Waals surface area contributed by atoms with Gasteiger partial charge in [0.15, 0.2) is 5.79 Å². The quantitative estimate of drug-likeness (QED) is 0.553. The summed E-state index contributed by atoms with van der Waals surface area (Å²) < 4.78 is 23.9. The van der Waals surface area contributed by atoms with E-state index in [0.717, 1.165) is 44.9 Å². The molecule has 29 heavy (non-hydrogen) atoms. The van der Waals surface area contributed by atoms with Crippen LogP contribution >= 0.6 is 0 Å². The molecule has 3 saturated carbocycles. The van der Waals surface area contributed by atoms with E-state index >= 15 is 0 Å². The molecule has 162 valence electrons. The zero-order valence-electron chi connectivity index (χ0n) is 17.6. The third-order valence-corrected chi connectivity index (χ3v) is 9.77. The van der Waals surface area contributed by atoms with E-state index in [1.807, 2.05) is 0 Å². The highest BCUT2D eigenvalue weighted by molar-refractivity contribution is 5.43. The Kier molecular flexibility index (Phi) is 3.87. The number of hydrogen-bond donors (Lipinski definition) is 2. The Bertz CT molecular complexity index is 746. The zero-order valence-corrected chi connectivity index (χ0v) is 17.6. The molecule has 0 aromatic rings. The first-order valence-corrected chi connectivity index (χ1v) is 11.4. The number of hydrogen-bond acceptors (Lipinski definition) is 6. The lowest BCUT2D eigenvalue weighted by Crippen LogP contribution is -2.58. The van der Waals surface area contributed by atoms with Gasteiger partial charge in [-0.3, -0.25) is 0 Å². The number of methoxy groups -OCH3 is 1.